The summed E-state index contributed by atoms with van der Waals surface area (Å²) in [5.74, 6) is 0.216. The van der Waals surface area contributed by atoms with Crippen molar-refractivity contribution in [2.75, 3.05) is 14.2 Å². The minimum absolute atomic E-state index is 0.338. The lowest BCUT2D eigenvalue weighted by molar-refractivity contribution is 0.0587. The Morgan fingerprint density at radius 2 is 0.909 bits per heavy atom. The Hall–Kier alpha value is -2.30. The van der Waals surface area contributed by atoms with Crippen LogP contribution in [0.5, 0.6) is 11.5 Å². The van der Waals surface area contributed by atoms with Crippen molar-refractivity contribution < 1.29 is 28.1 Å². The van der Waals surface area contributed by atoms with Gasteiger partial charge in [0.1, 0.15) is 11.5 Å². The lowest BCUT2D eigenvalue weighted by Crippen LogP contribution is -2.25. The maximum atomic E-state index is 13.3. The number of halogens is 1. The van der Waals surface area contributed by atoms with Gasteiger partial charge in [-0.25, -0.2) is 9.59 Å². The first kappa shape index (κ1) is 37.9. The fourth-order valence-electron chi connectivity index (χ4n) is 5.57. The molecule has 6 nitrogen and oxygen atoms in total. The molecule has 246 valence electrons. The molecule has 0 N–H and O–H groups in total. The summed E-state index contributed by atoms with van der Waals surface area (Å²) in [5.41, 5.74) is 4.42. The SMILES string of the molecule is CCc1cc(C(C)(C)C)c(OP(Cl)Oc2c(C(C)(C)C)cc(CC)c(C(=O)OC)c2C(C)(C)C)c(C(C)(C)C)c1C(=O)OC. The number of carbonyl (C=O) groups is 2. The molecule has 0 spiro atoms. The molecule has 0 bridgehead atoms. The summed E-state index contributed by atoms with van der Waals surface area (Å²) in [6.07, 6.45) is 1.29. The van der Waals surface area contributed by atoms with Crippen LogP contribution in [0.3, 0.4) is 0 Å². The molecule has 0 saturated carbocycles. The summed E-state index contributed by atoms with van der Waals surface area (Å²) in [5, 5.41) is 0. The molecule has 0 radical (unpaired) electrons. The highest BCUT2D eigenvalue weighted by molar-refractivity contribution is 7.76. The topological polar surface area (TPSA) is 71.1 Å². The normalized spacial score (nSPS) is 12.8. The van der Waals surface area contributed by atoms with E-state index in [1.807, 2.05) is 67.5 Å². The van der Waals surface area contributed by atoms with Crippen LogP contribution in [-0.4, -0.2) is 26.2 Å². The second kappa shape index (κ2) is 13.6. The molecule has 0 aliphatic heterocycles. The molecule has 2 aromatic carbocycles. The molecule has 0 heterocycles. The van der Waals surface area contributed by atoms with Gasteiger partial charge < -0.3 is 18.5 Å². The molecule has 0 atom stereocenters. The van der Waals surface area contributed by atoms with E-state index in [1.165, 1.54) is 14.2 Å². The van der Waals surface area contributed by atoms with Gasteiger partial charge in [0.05, 0.1) is 25.3 Å². The van der Waals surface area contributed by atoms with Crippen molar-refractivity contribution in [3.05, 3.63) is 56.6 Å². The molecule has 0 amide bonds. The van der Waals surface area contributed by atoms with E-state index in [1.54, 1.807) is 0 Å². The molecule has 2 rings (SSSR count). The average Bonchev–Trinajstić information content (AvgIpc) is 2.88. The molecule has 0 unspecified atom stereocenters. The molecular formula is C36H54ClO6P. The zero-order valence-electron chi connectivity index (χ0n) is 29.8. The number of rotatable bonds is 8. The predicted octanol–water partition coefficient (Wildman–Crippen LogP) is 10.5. The predicted molar refractivity (Wildman–Crippen MR) is 183 cm³/mol. The van der Waals surface area contributed by atoms with Crippen molar-refractivity contribution >= 4 is 30.9 Å². The van der Waals surface area contributed by atoms with Gasteiger partial charge in [-0.05, 0) is 56.9 Å². The summed E-state index contributed by atoms with van der Waals surface area (Å²) >= 11 is 7.11. The number of hydrogen-bond acceptors (Lipinski definition) is 6. The van der Waals surface area contributed by atoms with Crippen molar-refractivity contribution in [2.24, 2.45) is 0 Å². The van der Waals surface area contributed by atoms with Crippen LogP contribution in [-0.2, 0) is 44.0 Å². The van der Waals surface area contributed by atoms with Gasteiger partial charge in [-0.3, -0.25) is 0 Å². The van der Waals surface area contributed by atoms with Crippen LogP contribution in [0.15, 0.2) is 12.1 Å². The monoisotopic (exact) mass is 648 g/mol. The maximum absolute atomic E-state index is 13.3. The Morgan fingerprint density at radius 3 is 1.11 bits per heavy atom. The van der Waals surface area contributed by atoms with Crippen molar-refractivity contribution in [3.63, 3.8) is 0 Å². The van der Waals surface area contributed by atoms with Crippen LogP contribution in [0.2, 0.25) is 0 Å². The number of hydrogen-bond donors (Lipinski definition) is 0. The number of methoxy groups -OCH3 is 2. The number of aryl methyl sites for hydroxylation is 2. The largest absolute Gasteiger partial charge is 0.465 e. The maximum Gasteiger partial charge on any atom is 0.401 e. The van der Waals surface area contributed by atoms with Crippen LogP contribution < -0.4 is 9.05 Å². The Kier molecular flexibility index (Phi) is 11.7. The van der Waals surface area contributed by atoms with Gasteiger partial charge in [0, 0.05) is 22.3 Å². The zero-order chi connectivity index (χ0) is 34.2. The number of benzene rings is 2. The van der Waals surface area contributed by atoms with Crippen molar-refractivity contribution in [2.45, 2.75) is 131 Å². The summed E-state index contributed by atoms with van der Waals surface area (Å²) in [6.45, 7) is 29.0. The van der Waals surface area contributed by atoms with E-state index < -0.39 is 30.5 Å². The van der Waals surface area contributed by atoms with Gasteiger partial charge in [-0.15, -0.1) is 0 Å². The minimum atomic E-state index is -2.12. The molecule has 0 fully saturated rings. The molecule has 2 aromatic rings. The number of carbonyl (C=O) groups excluding carboxylic acids is 2. The van der Waals surface area contributed by atoms with Crippen LogP contribution >= 0.6 is 19.0 Å². The van der Waals surface area contributed by atoms with Gasteiger partial charge in [0.2, 0.25) is 0 Å². The first-order valence-corrected chi connectivity index (χ1v) is 17.4. The smallest absolute Gasteiger partial charge is 0.401 e. The molecule has 0 saturated heterocycles. The lowest BCUT2D eigenvalue weighted by Gasteiger charge is -2.34. The van der Waals surface area contributed by atoms with Gasteiger partial charge in [-0.2, -0.15) is 0 Å². The van der Waals surface area contributed by atoms with Crippen LogP contribution in [0, 0.1) is 0 Å². The fraction of sp³-hybridized carbons (Fsp3) is 0.611. The third kappa shape index (κ3) is 8.10. The van der Waals surface area contributed by atoms with E-state index in [4.69, 9.17) is 29.8 Å². The standard InChI is InChI=1S/C36H54ClO6P/c1-17-21-19-23(33(3,4)5)29(27(35(9,10)11)25(21)31(38)40-15)42-44(37)43-30-24(34(6,7)8)20-22(18-2)26(32(39)41-16)28(30)36(12,13)14/h19-20H,17-18H2,1-16H3. The Bertz CT molecular complexity index is 1280. The summed E-state index contributed by atoms with van der Waals surface area (Å²) in [4.78, 5) is 26.5. The summed E-state index contributed by atoms with van der Waals surface area (Å²) in [6, 6.07) is 4.06. The number of ether oxygens (including phenoxy) is 2. The van der Waals surface area contributed by atoms with E-state index in [0.717, 1.165) is 33.4 Å². The summed E-state index contributed by atoms with van der Waals surface area (Å²) in [7, 11) is 0.669. The van der Waals surface area contributed by atoms with E-state index in [2.05, 4.69) is 41.5 Å². The highest BCUT2D eigenvalue weighted by atomic mass is 35.7. The van der Waals surface area contributed by atoms with Crippen LogP contribution in [0.1, 0.15) is 151 Å². The van der Waals surface area contributed by atoms with E-state index in [-0.39, 0.29) is 10.8 Å². The van der Waals surface area contributed by atoms with Gasteiger partial charge in [-0.1, -0.05) is 109 Å². The van der Waals surface area contributed by atoms with Crippen molar-refractivity contribution in [1.82, 2.24) is 0 Å². The first-order chi connectivity index (χ1) is 19.9. The minimum Gasteiger partial charge on any atom is -0.465 e. The molecule has 44 heavy (non-hydrogen) atoms. The van der Waals surface area contributed by atoms with Gasteiger partial charge in [0.15, 0.2) is 0 Å². The zero-order valence-corrected chi connectivity index (χ0v) is 31.5. The third-order valence-electron chi connectivity index (χ3n) is 7.71. The summed E-state index contributed by atoms with van der Waals surface area (Å²) < 4.78 is 23.9. The molecular weight excluding hydrogens is 595 g/mol. The Balaban J connectivity index is 3.01. The van der Waals surface area contributed by atoms with Gasteiger partial charge in [0.25, 0.3) is 0 Å². The molecule has 0 aliphatic rings. The van der Waals surface area contributed by atoms with Gasteiger partial charge >= 0.3 is 19.7 Å². The fourth-order valence-corrected chi connectivity index (χ4v) is 6.68. The Labute approximate surface area is 272 Å². The third-order valence-corrected chi connectivity index (χ3v) is 8.77. The Morgan fingerprint density at radius 1 is 0.614 bits per heavy atom. The van der Waals surface area contributed by atoms with E-state index in [0.29, 0.717) is 35.5 Å². The lowest BCUT2D eigenvalue weighted by atomic mass is 9.75. The highest BCUT2D eigenvalue weighted by Crippen LogP contribution is 2.55. The van der Waals surface area contributed by atoms with Crippen molar-refractivity contribution in [1.29, 1.82) is 0 Å². The van der Waals surface area contributed by atoms with Crippen molar-refractivity contribution in [3.8, 4) is 11.5 Å². The number of esters is 2. The van der Waals surface area contributed by atoms with E-state index >= 15 is 0 Å². The molecule has 0 aromatic heterocycles. The highest BCUT2D eigenvalue weighted by Gasteiger charge is 2.38. The first-order valence-electron chi connectivity index (χ1n) is 15.4. The second-order valence-corrected chi connectivity index (χ2v) is 17.0. The second-order valence-electron chi connectivity index (χ2n) is 15.4. The molecule has 8 heteroatoms. The molecule has 0 aliphatic carbocycles. The average molecular weight is 649 g/mol. The van der Waals surface area contributed by atoms with E-state index in [9.17, 15) is 9.59 Å². The quantitative estimate of drug-likeness (QED) is 0.209. The van der Waals surface area contributed by atoms with Crippen LogP contribution in [0.4, 0.5) is 0 Å². The van der Waals surface area contributed by atoms with Crippen LogP contribution in [0.25, 0.3) is 0 Å².